The largest absolute Gasteiger partial charge is 0.330 e. The molecule has 1 amide bonds. The maximum atomic E-state index is 11.7. The Bertz CT molecular complexity index is 409. The van der Waals surface area contributed by atoms with E-state index in [0.717, 1.165) is 28.7 Å². The molecule has 5 heteroatoms. The summed E-state index contributed by atoms with van der Waals surface area (Å²) in [5, 5.41) is 2.85. The Labute approximate surface area is 116 Å². The number of amides is 1. The first-order valence-electron chi connectivity index (χ1n) is 6.15. The molecule has 0 saturated heterocycles. The smallest absolute Gasteiger partial charge is 0.224 e. The summed E-state index contributed by atoms with van der Waals surface area (Å²) in [6.45, 7) is 4.74. The molecule has 1 aromatic rings. The van der Waals surface area contributed by atoms with Crippen LogP contribution < -0.4 is 11.1 Å². The van der Waals surface area contributed by atoms with E-state index >= 15 is 0 Å². The molecule has 0 aliphatic carbocycles. The van der Waals surface area contributed by atoms with E-state index in [2.05, 4.69) is 33.2 Å². The SMILES string of the molecule is Cc1cc(NC(=O)CCC(C)CCN)cnc1Br. The zero-order valence-electron chi connectivity index (χ0n) is 10.9. The van der Waals surface area contributed by atoms with E-state index in [4.69, 9.17) is 5.73 Å². The lowest BCUT2D eigenvalue weighted by atomic mass is 10.0. The van der Waals surface area contributed by atoms with Gasteiger partial charge < -0.3 is 11.1 Å². The molecular weight excluding hydrogens is 294 g/mol. The van der Waals surface area contributed by atoms with Gasteiger partial charge in [-0.25, -0.2) is 4.98 Å². The van der Waals surface area contributed by atoms with Crippen molar-refractivity contribution in [3.05, 3.63) is 22.4 Å². The van der Waals surface area contributed by atoms with E-state index in [1.807, 2.05) is 13.0 Å². The first-order valence-corrected chi connectivity index (χ1v) is 6.94. The Morgan fingerprint density at radius 3 is 2.89 bits per heavy atom. The number of hydrogen-bond acceptors (Lipinski definition) is 3. The zero-order chi connectivity index (χ0) is 13.5. The highest BCUT2D eigenvalue weighted by atomic mass is 79.9. The average molecular weight is 314 g/mol. The number of halogens is 1. The summed E-state index contributed by atoms with van der Waals surface area (Å²) in [6, 6.07) is 1.90. The molecule has 0 aliphatic heterocycles. The van der Waals surface area contributed by atoms with Crippen molar-refractivity contribution in [1.82, 2.24) is 4.98 Å². The highest BCUT2D eigenvalue weighted by Crippen LogP contribution is 2.17. The lowest BCUT2D eigenvalue weighted by Crippen LogP contribution is -2.14. The Hall–Kier alpha value is -0.940. The van der Waals surface area contributed by atoms with Gasteiger partial charge in [0, 0.05) is 6.42 Å². The van der Waals surface area contributed by atoms with Gasteiger partial charge in [-0.3, -0.25) is 4.79 Å². The second kappa shape index (κ2) is 7.48. The van der Waals surface area contributed by atoms with Crippen molar-refractivity contribution in [2.45, 2.75) is 33.1 Å². The molecule has 0 bridgehead atoms. The number of pyridine rings is 1. The van der Waals surface area contributed by atoms with Crippen molar-refractivity contribution >= 4 is 27.5 Å². The number of aromatic nitrogens is 1. The van der Waals surface area contributed by atoms with Crippen molar-refractivity contribution in [3.63, 3.8) is 0 Å². The number of hydrogen-bond donors (Lipinski definition) is 2. The third kappa shape index (κ3) is 5.14. The van der Waals surface area contributed by atoms with Crippen molar-refractivity contribution in [1.29, 1.82) is 0 Å². The molecule has 0 fully saturated rings. The van der Waals surface area contributed by atoms with Crippen LogP contribution in [-0.2, 0) is 4.79 Å². The van der Waals surface area contributed by atoms with Crippen LogP contribution in [0.25, 0.3) is 0 Å². The fraction of sp³-hybridized carbons (Fsp3) is 0.538. The first-order chi connectivity index (χ1) is 8.52. The summed E-state index contributed by atoms with van der Waals surface area (Å²) >= 11 is 3.33. The van der Waals surface area contributed by atoms with E-state index in [1.165, 1.54) is 0 Å². The summed E-state index contributed by atoms with van der Waals surface area (Å²) in [7, 11) is 0. The summed E-state index contributed by atoms with van der Waals surface area (Å²) in [6.07, 6.45) is 4.01. The third-order valence-corrected chi connectivity index (χ3v) is 3.65. The van der Waals surface area contributed by atoms with Gasteiger partial charge in [0.2, 0.25) is 5.91 Å². The Balaban J connectivity index is 2.42. The van der Waals surface area contributed by atoms with E-state index in [1.54, 1.807) is 6.20 Å². The average Bonchev–Trinajstić information content (AvgIpc) is 2.32. The maximum Gasteiger partial charge on any atom is 0.224 e. The second-order valence-electron chi connectivity index (χ2n) is 4.60. The van der Waals surface area contributed by atoms with Gasteiger partial charge in [0.25, 0.3) is 0 Å². The minimum Gasteiger partial charge on any atom is -0.330 e. The Morgan fingerprint density at radius 2 is 2.28 bits per heavy atom. The van der Waals surface area contributed by atoms with Gasteiger partial charge in [0.15, 0.2) is 0 Å². The monoisotopic (exact) mass is 313 g/mol. The number of carbonyl (C=O) groups excluding carboxylic acids is 1. The van der Waals surface area contributed by atoms with Crippen LogP contribution in [0, 0.1) is 12.8 Å². The minimum atomic E-state index is 0.0300. The second-order valence-corrected chi connectivity index (χ2v) is 5.35. The molecule has 1 heterocycles. The van der Waals surface area contributed by atoms with E-state index in [-0.39, 0.29) is 5.91 Å². The molecular formula is C13H20BrN3O. The van der Waals surface area contributed by atoms with Crippen LogP contribution in [0.1, 0.15) is 31.7 Å². The topological polar surface area (TPSA) is 68.0 Å². The Kier molecular flexibility index (Phi) is 6.29. The number of carbonyl (C=O) groups is 1. The van der Waals surface area contributed by atoms with Gasteiger partial charge in [0.05, 0.1) is 11.9 Å². The van der Waals surface area contributed by atoms with E-state index < -0.39 is 0 Å². The number of nitrogens with two attached hydrogens (primary N) is 1. The number of rotatable bonds is 6. The molecule has 0 radical (unpaired) electrons. The molecule has 3 N–H and O–H groups in total. The molecule has 0 spiro atoms. The van der Waals surface area contributed by atoms with Gasteiger partial charge in [0.1, 0.15) is 4.60 Å². The van der Waals surface area contributed by atoms with Crippen molar-refractivity contribution in [2.75, 3.05) is 11.9 Å². The van der Waals surface area contributed by atoms with E-state index in [9.17, 15) is 4.79 Å². The lowest BCUT2D eigenvalue weighted by Gasteiger charge is -2.10. The number of anilines is 1. The fourth-order valence-corrected chi connectivity index (χ4v) is 1.87. The molecule has 0 aliphatic rings. The van der Waals surface area contributed by atoms with Crippen LogP contribution in [-0.4, -0.2) is 17.4 Å². The summed E-state index contributed by atoms with van der Waals surface area (Å²) in [4.78, 5) is 15.9. The first kappa shape index (κ1) is 15.1. The lowest BCUT2D eigenvalue weighted by molar-refractivity contribution is -0.116. The van der Waals surface area contributed by atoms with Crippen LogP contribution in [0.5, 0.6) is 0 Å². The van der Waals surface area contributed by atoms with Gasteiger partial charge in [-0.1, -0.05) is 6.92 Å². The highest BCUT2D eigenvalue weighted by molar-refractivity contribution is 9.10. The number of aryl methyl sites for hydroxylation is 1. The molecule has 1 aromatic heterocycles. The van der Waals surface area contributed by atoms with E-state index in [0.29, 0.717) is 18.9 Å². The zero-order valence-corrected chi connectivity index (χ0v) is 12.5. The highest BCUT2D eigenvalue weighted by Gasteiger charge is 2.07. The molecule has 1 rings (SSSR count). The van der Waals surface area contributed by atoms with Crippen LogP contribution in [0.15, 0.2) is 16.9 Å². The normalized spacial score (nSPS) is 12.2. The van der Waals surface area contributed by atoms with Crippen molar-refractivity contribution < 1.29 is 4.79 Å². The standard InChI is InChI=1S/C13H20BrN3O/c1-9(5-6-15)3-4-12(18)17-11-7-10(2)13(14)16-8-11/h7-9H,3-6,15H2,1-2H3,(H,17,18). The maximum absolute atomic E-state index is 11.7. The minimum absolute atomic E-state index is 0.0300. The quantitative estimate of drug-likeness (QED) is 0.793. The summed E-state index contributed by atoms with van der Waals surface area (Å²) < 4.78 is 0.803. The van der Waals surface area contributed by atoms with Crippen molar-refractivity contribution in [3.8, 4) is 0 Å². The van der Waals surface area contributed by atoms with Crippen LogP contribution in [0.3, 0.4) is 0 Å². The fourth-order valence-electron chi connectivity index (χ4n) is 1.66. The predicted octanol–water partition coefficient (Wildman–Crippen LogP) is 2.86. The van der Waals surface area contributed by atoms with Crippen LogP contribution >= 0.6 is 15.9 Å². The molecule has 1 unspecified atom stereocenters. The van der Waals surface area contributed by atoms with Crippen LogP contribution in [0.4, 0.5) is 5.69 Å². The third-order valence-electron chi connectivity index (χ3n) is 2.82. The van der Waals surface area contributed by atoms with Gasteiger partial charge in [-0.2, -0.15) is 0 Å². The Morgan fingerprint density at radius 1 is 1.56 bits per heavy atom. The van der Waals surface area contributed by atoms with Crippen LogP contribution in [0.2, 0.25) is 0 Å². The molecule has 1 atom stereocenters. The predicted molar refractivity (Wildman–Crippen MR) is 77.4 cm³/mol. The molecule has 4 nitrogen and oxygen atoms in total. The van der Waals surface area contributed by atoms with Crippen molar-refractivity contribution in [2.24, 2.45) is 11.7 Å². The molecule has 0 aromatic carbocycles. The van der Waals surface area contributed by atoms with Gasteiger partial charge >= 0.3 is 0 Å². The van der Waals surface area contributed by atoms with Gasteiger partial charge in [-0.15, -0.1) is 0 Å². The number of nitrogens with zero attached hydrogens (tertiary/aromatic N) is 1. The number of nitrogens with one attached hydrogen (secondary N) is 1. The summed E-state index contributed by atoms with van der Waals surface area (Å²) in [5.74, 6) is 0.521. The summed E-state index contributed by atoms with van der Waals surface area (Å²) in [5.41, 5.74) is 7.22. The molecule has 18 heavy (non-hydrogen) atoms. The molecule has 100 valence electrons. The molecule has 0 saturated carbocycles. The van der Waals surface area contributed by atoms with Gasteiger partial charge in [-0.05, 0) is 59.8 Å².